The van der Waals surface area contributed by atoms with Gasteiger partial charge in [0.25, 0.3) is 0 Å². The number of likely N-dealkylation sites (tertiary alicyclic amines) is 1. The number of nitrogens with one attached hydrogen (secondary N) is 1. The summed E-state index contributed by atoms with van der Waals surface area (Å²) in [5.74, 6) is 1.70. The van der Waals surface area contributed by atoms with E-state index in [0.717, 1.165) is 11.8 Å². The van der Waals surface area contributed by atoms with Gasteiger partial charge in [-0.3, -0.25) is 0 Å². The van der Waals surface area contributed by atoms with Gasteiger partial charge in [-0.1, -0.05) is 13.8 Å². The Morgan fingerprint density at radius 1 is 1.29 bits per heavy atom. The summed E-state index contributed by atoms with van der Waals surface area (Å²) in [6.07, 6.45) is 5.67. The Bertz CT molecular complexity index is 245. The van der Waals surface area contributed by atoms with E-state index in [-0.39, 0.29) is 0 Å². The Morgan fingerprint density at radius 3 is 2.53 bits per heavy atom. The van der Waals surface area contributed by atoms with Gasteiger partial charge in [-0.05, 0) is 63.5 Å². The van der Waals surface area contributed by atoms with Crippen LogP contribution in [0.5, 0.6) is 0 Å². The van der Waals surface area contributed by atoms with Crippen molar-refractivity contribution in [2.45, 2.75) is 52.5 Å². The van der Waals surface area contributed by atoms with Crippen molar-refractivity contribution in [2.75, 3.05) is 26.7 Å². The van der Waals surface area contributed by atoms with E-state index in [1.54, 1.807) is 0 Å². The molecule has 0 radical (unpaired) electrons. The summed E-state index contributed by atoms with van der Waals surface area (Å²) in [6.45, 7) is 11.0. The molecule has 0 aromatic heterocycles. The quantitative estimate of drug-likeness (QED) is 0.792. The topological polar surface area (TPSA) is 15.3 Å². The molecule has 100 valence electrons. The lowest BCUT2D eigenvalue weighted by atomic mass is 9.89. The molecule has 1 N–H and O–H groups in total. The maximum Gasteiger partial charge on any atom is 0.00794 e. The van der Waals surface area contributed by atoms with Gasteiger partial charge < -0.3 is 10.2 Å². The van der Waals surface area contributed by atoms with Gasteiger partial charge in [-0.15, -0.1) is 0 Å². The van der Waals surface area contributed by atoms with Crippen molar-refractivity contribution in [3.05, 3.63) is 0 Å². The van der Waals surface area contributed by atoms with Crippen molar-refractivity contribution >= 4 is 0 Å². The highest BCUT2D eigenvalue weighted by Gasteiger charge is 2.45. The monoisotopic (exact) mass is 238 g/mol. The first kappa shape index (κ1) is 13.4. The summed E-state index contributed by atoms with van der Waals surface area (Å²) in [6, 6.07) is 0.689. The minimum absolute atomic E-state index is 0.648. The molecule has 0 aromatic carbocycles. The molecule has 2 aliphatic rings. The SMILES string of the molecule is CC(NCC1(C(C)C)CC1)C1CCCN(C)C1. The molecular weight excluding hydrogens is 208 g/mol. The van der Waals surface area contributed by atoms with Crippen LogP contribution in [0, 0.1) is 17.3 Å². The van der Waals surface area contributed by atoms with E-state index in [1.165, 1.54) is 45.3 Å². The van der Waals surface area contributed by atoms with Crippen LogP contribution < -0.4 is 5.32 Å². The van der Waals surface area contributed by atoms with Gasteiger partial charge in [0.05, 0.1) is 0 Å². The van der Waals surface area contributed by atoms with E-state index >= 15 is 0 Å². The first-order valence-electron chi connectivity index (χ1n) is 7.45. The normalized spacial score (nSPS) is 30.5. The minimum Gasteiger partial charge on any atom is -0.313 e. The smallest absolute Gasteiger partial charge is 0.00794 e. The average molecular weight is 238 g/mol. The van der Waals surface area contributed by atoms with Crippen molar-refractivity contribution in [2.24, 2.45) is 17.3 Å². The zero-order chi connectivity index (χ0) is 12.5. The fraction of sp³-hybridized carbons (Fsp3) is 1.00. The van der Waals surface area contributed by atoms with Crippen LogP contribution in [0.15, 0.2) is 0 Å². The zero-order valence-corrected chi connectivity index (χ0v) is 12.1. The molecule has 2 fully saturated rings. The maximum absolute atomic E-state index is 3.83. The Labute approximate surface area is 107 Å². The van der Waals surface area contributed by atoms with Gasteiger partial charge in [-0.2, -0.15) is 0 Å². The fourth-order valence-electron chi connectivity index (χ4n) is 3.26. The van der Waals surface area contributed by atoms with E-state index in [9.17, 15) is 0 Å². The molecule has 2 unspecified atom stereocenters. The summed E-state index contributed by atoms with van der Waals surface area (Å²) in [5, 5.41) is 3.83. The molecule has 1 aliphatic heterocycles. The molecular formula is C15H30N2. The maximum atomic E-state index is 3.83. The van der Waals surface area contributed by atoms with Gasteiger partial charge in [0, 0.05) is 19.1 Å². The molecule has 0 spiro atoms. The Morgan fingerprint density at radius 2 is 2.00 bits per heavy atom. The number of piperidine rings is 1. The predicted molar refractivity (Wildman–Crippen MR) is 74.2 cm³/mol. The van der Waals surface area contributed by atoms with Crippen LogP contribution in [0.3, 0.4) is 0 Å². The molecule has 2 rings (SSSR count). The highest BCUT2D eigenvalue weighted by Crippen LogP contribution is 2.51. The second kappa shape index (κ2) is 5.27. The third-order valence-corrected chi connectivity index (χ3v) is 5.26. The van der Waals surface area contributed by atoms with Crippen LogP contribution in [0.2, 0.25) is 0 Å². The van der Waals surface area contributed by atoms with Gasteiger partial charge >= 0.3 is 0 Å². The standard InChI is InChI=1S/C15H30N2/c1-12(2)15(7-8-15)11-16-13(3)14-6-5-9-17(4)10-14/h12-14,16H,5-11H2,1-4H3. The van der Waals surface area contributed by atoms with E-state index < -0.39 is 0 Å². The van der Waals surface area contributed by atoms with E-state index in [4.69, 9.17) is 0 Å². The summed E-state index contributed by atoms with van der Waals surface area (Å²) in [5.41, 5.74) is 0.648. The highest BCUT2D eigenvalue weighted by atomic mass is 15.1. The third kappa shape index (κ3) is 3.23. The van der Waals surface area contributed by atoms with Crippen LogP contribution in [0.4, 0.5) is 0 Å². The highest BCUT2D eigenvalue weighted by molar-refractivity contribution is 4.98. The lowest BCUT2D eigenvalue weighted by molar-refractivity contribution is 0.172. The Kier molecular flexibility index (Phi) is 4.14. The zero-order valence-electron chi connectivity index (χ0n) is 12.1. The molecule has 1 saturated heterocycles. The molecule has 2 nitrogen and oxygen atoms in total. The van der Waals surface area contributed by atoms with Gasteiger partial charge in [0.2, 0.25) is 0 Å². The minimum atomic E-state index is 0.648. The van der Waals surface area contributed by atoms with E-state index in [0.29, 0.717) is 11.5 Å². The summed E-state index contributed by atoms with van der Waals surface area (Å²) in [7, 11) is 2.26. The van der Waals surface area contributed by atoms with Crippen molar-refractivity contribution in [1.82, 2.24) is 10.2 Å². The number of rotatable bonds is 5. The number of hydrogen-bond donors (Lipinski definition) is 1. The van der Waals surface area contributed by atoms with Crippen LogP contribution in [0.25, 0.3) is 0 Å². The van der Waals surface area contributed by atoms with Gasteiger partial charge in [-0.25, -0.2) is 0 Å². The molecule has 1 saturated carbocycles. The molecule has 0 bridgehead atoms. The fourth-order valence-corrected chi connectivity index (χ4v) is 3.26. The predicted octanol–water partition coefficient (Wildman–Crippen LogP) is 2.74. The second-order valence-corrected chi connectivity index (χ2v) is 6.85. The largest absolute Gasteiger partial charge is 0.313 e. The van der Waals surface area contributed by atoms with Crippen molar-refractivity contribution in [3.8, 4) is 0 Å². The van der Waals surface area contributed by atoms with Gasteiger partial charge in [0.1, 0.15) is 0 Å². The second-order valence-electron chi connectivity index (χ2n) is 6.85. The molecule has 0 amide bonds. The van der Waals surface area contributed by atoms with Crippen molar-refractivity contribution < 1.29 is 0 Å². The summed E-state index contributed by atoms with van der Waals surface area (Å²) < 4.78 is 0. The first-order valence-corrected chi connectivity index (χ1v) is 7.45. The van der Waals surface area contributed by atoms with Crippen LogP contribution in [-0.4, -0.2) is 37.6 Å². The average Bonchev–Trinajstić information content (AvgIpc) is 3.07. The van der Waals surface area contributed by atoms with Crippen LogP contribution >= 0.6 is 0 Å². The van der Waals surface area contributed by atoms with Crippen LogP contribution in [-0.2, 0) is 0 Å². The molecule has 0 aromatic rings. The molecule has 2 atom stereocenters. The third-order valence-electron chi connectivity index (χ3n) is 5.26. The first-order chi connectivity index (χ1) is 8.03. The Hall–Kier alpha value is -0.0800. The Balaban J connectivity index is 1.75. The van der Waals surface area contributed by atoms with Crippen molar-refractivity contribution in [3.63, 3.8) is 0 Å². The number of hydrogen-bond acceptors (Lipinski definition) is 2. The summed E-state index contributed by atoms with van der Waals surface area (Å²) in [4.78, 5) is 2.49. The number of nitrogens with zero attached hydrogens (tertiary/aromatic N) is 1. The molecule has 1 aliphatic carbocycles. The van der Waals surface area contributed by atoms with Crippen LogP contribution in [0.1, 0.15) is 46.5 Å². The van der Waals surface area contributed by atoms with E-state index in [2.05, 4.69) is 38.0 Å². The summed E-state index contributed by atoms with van der Waals surface area (Å²) >= 11 is 0. The van der Waals surface area contributed by atoms with Crippen molar-refractivity contribution in [1.29, 1.82) is 0 Å². The molecule has 1 heterocycles. The van der Waals surface area contributed by atoms with Gasteiger partial charge in [0.15, 0.2) is 0 Å². The van der Waals surface area contributed by atoms with E-state index in [1.807, 2.05) is 0 Å². The molecule has 2 heteroatoms. The lowest BCUT2D eigenvalue weighted by Gasteiger charge is -2.35. The lowest BCUT2D eigenvalue weighted by Crippen LogP contribution is -2.45. The molecule has 17 heavy (non-hydrogen) atoms.